The molecule has 71 valence electrons. The van der Waals surface area contributed by atoms with E-state index in [-0.39, 0.29) is 6.61 Å². The van der Waals surface area contributed by atoms with Crippen LogP contribution in [0.2, 0.25) is 0 Å². The van der Waals surface area contributed by atoms with Crippen LogP contribution in [0.3, 0.4) is 0 Å². The van der Waals surface area contributed by atoms with Crippen molar-refractivity contribution in [2.45, 2.75) is 19.1 Å². The van der Waals surface area contributed by atoms with Crippen molar-refractivity contribution in [2.24, 2.45) is 0 Å². The number of hydrogen-bond donors (Lipinski definition) is 2. The minimum Gasteiger partial charge on any atom is -0.491 e. The number of benzene rings is 1. The summed E-state index contributed by atoms with van der Waals surface area (Å²) in [5.74, 6) is 0.641. The second-order valence-electron chi connectivity index (χ2n) is 2.86. The van der Waals surface area contributed by atoms with Crippen molar-refractivity contribution in [2.75, 3.05) is 6.61 Å². The highest BCUT2D eigenvalue weighted by molar-refractivity contribution is 5.20. The SMILES string of the molecule is C[C@@H](O)[C@@H](O)COc1c[c]ccc1. The van der Waals surface area contributed by atoms with Crippen LogP contribution in [0.1, 0.15) is 6.92 Å². The number of aliphatic hydroxyl groups excluding tert-OH is 2. The normalized spacial score (nSPS) is 15.0. The van der Waals surface area contributed by atoms with Crippen LogP contribution in [0, 0.1) is 6.07 Å². The van der Waals surface area contributed by atoms with E-state index in [9.17, 15) is 5.11 Å². The molecule has 2 N–H and O–H groups in total. The molecule has 1 aromatic carbocycles. The van der Waals surface area contributed by atoms with E-state index in [1.165, 1.54) is 6.92 Å². The highest BCUT2D eigenvalue weighted by Crippen LogP contribution is 2.08. The van der Waals surface area contributed by atoms with Gasteiger partial charge in [0.2, 0.25) is 0 Å². The van der Waals surface area contributed by atoms with E-state index in [2.05, 4.69) is 6.07 Å². The molecule has 1 radical (unpaired) electrons. The largest absolute Gasteiger partial charge is 0.491 e. The summed E-state index contributed by atoms with van der Waals surface area (Å²) >= 11 is 0. The summed E-state index contributed by atoms with van der Waals surface area (Å²) in [5, 5.41) is 18.2. The summed E-state index contributed by atoms with van der Waals surface area (Å²) in [4.78, 5) is 0. The summed E-state index contributed by atoms with van der Waals surface area (Å²) in [6, 6.07) is 9.85. The van der Waals surface area contributed by atoms with E-state index < -0.39 is 12.2 Å². The molecular formula is C10H13O3. The summed E-state index contributed by atoms with van der Waals surface area (Å²) in [6.45, 7) is 1.61. The van der Waals surface area contributed by atoms with Crippen LogP contribution >= 0.6 is 0 Å². The molecule has 0 bridgehead atoms. The first kappa shape index (κ1) is 10.0. The average Bonchev–Trinajstić information content (AvgIpc) is 2.15. The molecular weight excluding hydrogens is 168 g/mol. The Hall–Kier alpha value is -1.06. The lowest BCUT2D eigenvalue weighted by Gasteiger charge is -2.14. The summed E-state index contributed by atoms with van der Waals surface area (Å²) in [7, 11) is 0. The fraction of sp³-hybridized carbons (Fsp3) is 0.400. The van der Waals surface area contributed by atoms with Gasteiger partial charge in [0.05, 0.1) is 6.10 Å². The summed E-state index contributed by atoms with van der Waals surface area (Å²) in [5.41, 5.74) is 0. The lowest BCUT2D eigenvalue weighted by molar-refractivity contribution is 0.00227. The predicted molar refractivity (Wildman–Crippen MR) is 48.5 cm³/mol. The van der Waals surface area contributed by atoms with E-state index >= 15 is 0 Å². The highest BCUT2D eigenvalue weighted by Gasteiger charge is 2.10. The molecule has 0 heterocycles. The van der Waals surface area contributed by atoms with Gasteiger partial charge in [-0.05, 0) is 25.1 Å². The number of hydrogen-bond acceptors (Lipinski definition) is 3. The molecule has 1 rings (SSSR count). The number of ether oxygens (including phenoxy) is 1. The van der Waals surface area contributed by atoms with Gasteiger partial charge < -0.3 is 14.9 Å². The van der Waals surface area contributed by atoms with Crippen LogP contribution in [-0.2, 0) is 0 Å². The maximum Gasteiger partial charge on any atom is 0.120 e. The van der Waals surface area contributed by atoms with Gasteiger partial charge in [0, 0.05) is 0 Å². The molecule has 0 aliphatic rings. The minimum absolute atomic E-state index is 0.0928. The predicted octanol–water partition coefficient (Wildman–Crippen LogP) is 0.607. The fourth-order valence-electron chi connectivity index (χ4n) is 0.788. The van der Waals surface area contributed by atoms with Gasteiger partial charge in [0.25, 0.3) is 0 Å². The molecule has 2 atom stereocenters. The van der Waals surface area contributed by atoms with E-state index in [1.54, 1.807) is 24.3 Å². The third-order valence-corrected chi connectivity index (χ3v) is 1.66. The molecule has 3 nitrogen and oxygen atoms in total. The van der Waals surface area contributed by atoms with Gasteiger partial charge in [0.1, 0.15) is 18.5 Å². The van der Waals surface area contributed by atoms with Crippen molar-refractivity contribution in [1.82, 2.24) is 0 Å². The standard InChI is InChI=1S/C10H13O3/c1-8(11)10(12)7-13-9-5-3-2-4-6-9/h2-3,5-6,8,10-12H,7H2,1H3/t8-,10+/m1/s1. The fourth-order valence-corrected chi connectivity index (χ4v) is 0.788. The van der Waals surface area contributed by atoms with Crippen molar-refractivity contribution >= 4 is 0 Å². The Morgan fingerprint density at radius 2 is 2.31 bits per heavy atom. The number of rotatable bonds is 4. The van der Waals surface area contributed by atoms with E-state index in [0.717, 1.165) is 0 Å². The Balaban J connectivity index is 2.35. The molecule has 0 aliphatic carbocycles. The smallest absolute Gasteiger partial charge is 0.120 e. The van der Waals surface area contributed by atoms with Gasteiger partial charge in [-0.25, -0.2) is 0 Å². The second-order valence-corrected chi connectivity index (χ2v) is 2.86. The first-order valence-electron chi connectivity index (χ1n) is 4.15. The van der Waals surface area contributed by atoms with Gasteiger partial charge in [-0.2, -0.15) is 0 Å². The van der Waals surface area contributed by atoms with Gasteiger partial charge >= 0.3 is 0 Å². The minimum atomic E-state index is -0.847. The Morgan fingerprint density at radius 3 is 2.85 bits per heavy atom. The van der Waals surface area contributed by atoms with Crippen molar-refractivity contribution in [1.29, 1.82) is 0 Å². The average molecular weight is 181 g/mol. The lowest BCUT2D eigenvalue weighted by Crippen LogP contribution is -2.29. The van der Waals surface area contributed by atoms with E-state index in [0.29, 0.717) is 5.75 Å². The quantitative estimate of drug-likeness (QED) is 0.715. The van der Waals surface area contributed by atoms with Gasteiger partial charge in [-0.3, -0.25) is 0 Å². The Bertz CT molecular complexity index is 233. The zero-order valence-corrected chi connectivity index (χ0v) is 7.47. The highest BCUT2D eigenvalue weighted by atomic mass is 16.5. The first-order valence-corrected chi connectivity index (χ1v) is 4.15. The maximum atomic E-state index is 9.20. The molecule has 0 aromatic heterocycles. The zero-order valence-electron chi connectivity index (χ0n) is 7.47. The van der Waals surface area contributed by atoms with E-state index in [4.69, 9.17) is 9.84 Å². The van der Waals surface area contributed by atoms with Crippen molar-refractivity contribution < 1.29 is 14.9 Å². The van der Waals surface area contributed by atoms with Crippen LogP contribution in [0.25, 0.3) is 0 Å². The van der Waals surface area contributed by atoms with Crippen LogP contribution < -0.4 is 4.74 Å². The molecule has 0 spiro atoms. The van der Waals surface area contributed by atoms with Crippen molar-refractivity contribution in [3.8, 4) is 5.75 Å². The maximum absolute atomic E-state index is 9.20. The lowest BCUT2D eigenvalue weighted by atomic mass is 10.2. The molecule has 3 heteroatoms. The molecule has 0 amide bonds. The second kappa shape index (κ2) is 4.84. The van der Waals surface area contributed by atoms with Gasteiger partial charge in [0.15, 0.2) is 0 Å². The summed E-state index contributed by atoms with van der Waals surface area (Å²) < 4.78 is 5.19. The summed E-state index contributed by atoms with van der Waals surface area (Å²) in [6.07, 6.45) is -1.62. The van der Waals surface area contributed by atoms with Gasteiger partial charge in [-0.15, -0.1) is 0 Å². The molecule has 0 aliphatic heterocycles. The Morgan fingerprint density at radius 1 is 1.54 bits per heavy atom. The Labute approximate surface area is 77.6 Å². The van der Waals surface area contributed by atoms with Crippen molar-refractivity contribution in [3.63, 3.8) is 0 Å². The third-order valence-electron chi connectivity index (χ3n) is 1.66. The topological polar surface area (TPSA) is 49.7 Å². The molecule has 0 saturated heterocycles. The van der Waals surface area contributed by atoms with Crippen LogP contribution in [0.4, 0.5) is 0 Å². The molecule has 13 heavy (non-hydrogen) atoms. The first-order chi connectivity index (χ1) is 6.20. The van der Waals surface area contributed by atoms with Crippen LogP contribution in [0.5, 0.6) is 5.75 Å². The van der Waals surface area contributed by atoms with Gasteiger partial charge in [-0.1, -0.05) is 12.1 Å². The molecule has 0 saturated carbocycles. The van der Waals surface area contributed by atoms with Crippen LogP contribution in [-0.4, -0.2) is 29.0 Å². The number of aliphatic hydroxyl groups is 2. The Kier molecular flexibility index (Phi) is 3.73. The molecule has 0 unspecified atom stereocenters. The van der Waals surface area contributed by atoms with Crippen LogP contribution in [0.15, 0.2) is 24.3 Å². The molecule has 0 fully saturated rings. The third kappa shape index (κ3) is 3.44. The van der Waals surface area contributed by atoms with E-state index in [1.807, 2.05) is 0 Å². The monoisotopic (exact) mass is 181 g/mol. The molecule has 1 aromatic rings. The zero-order chi connectivity index (χ0) is 9.68. The van der Waals surface area contributed by atoms with Crippen molar-refractivity contribution in [3.05, 3.63) is 30.3 Å².